The van der Waals surface area contributed by atoms with Crippen LogP contribution in [0.5, 0.6) is 23.0 Å². The highest BCUT2D eigenvalue weighted by atomic mass is 16.6. The molecule has 2 aliphatic carbocycles. The Morgan fingerprint density at radius 1 is 0.773 bits per heavy atom. The topological polar surface area (TPSA) is 146 Å². The summed E-state index contributed by atoms with van der Waals surface area (Å²) in [5.74, 6) is 1.69. The molecule has 4 radical (unpaired) electrons. The van der Waals surface area contributed by atoms with Gasteiger partial charge in [-0.15, -0.1) is 0 Å². The minimum Gasteiger partial charge on any atom is -0.507 e. The number of amides is 2. The minimum absolute atomic E-state index is 0. The number of carbonyl (C=O) groups is 2. The van der Waals surface area contributed by atoms with Crippen LogP contribution in [0.3, 0.4) is 0 Å². The monoisotopic (exact) mass is 915 g/mol. The summed E-state index contributed by atoms with van der Waals surface area (Å²) in [6.45, 7) is 26.6. The molecule has 10 nitrogen and oxygen atoms in total. The van der Waals surface area contributed by atoms with E-state index in [9.17, 15) is 19.8 Å². The molecule has 0 aliphatic heterocycles. The number of ether oxygens (including phenoxy) is 2. The van der Waals surface area contributed by atoms with E-state index in [1.807, 2.05) is 52.1 Å². The third-order valence-electron chi connectivity index (χ3n) is 11.7. The standard InChI is InChI=1S/C25H37NO3.C23H33NO3.C3H9N.2CH3B.CH5N/c1-7-9-10-11-19-15-22(27)24(23(16-19)29-25(28)26(6)8-2)21-14-18(5)12-13-20(21)17(3)4;1-6-7-8-9-17-13-20(25)22(21(14-17)27-23(26)24-5)19-12-16(4)10-11-18(19)15(2)3;1-3-4-2;3*1-2/h14-16,20-21,27H,3,7-13H2,1-2,4-6H3;12-14,18-19,25H,2,6-11H2,1,3-5H3,(H,24,26);4H,3H2,1-2H3;2*1H3;2H2,1H3/t20-,21+;18-,19+;;;;/m00..../s1/i;;;2*1D;. The van der Waals surface area contributed by atoms with Crippen molar-refractivity contribution in [1.29, 1.82) is 0 Å². The van der Waals surface area contributed by atoms with Crippen LogP contribution in [0.2, 0.25) is 13.6 Å². The predicted octanol–water partition coefficient (Wildman–Crippen LogP) is 12.7. The number of nitrogens with two attached hydrogens (primary N) is 1. The van der Waals surface area contributed by atoms with Crippen molar-refractivity contribution < 1.29 is 32.0 Å². The van der Waals surface area contributed by atoms with Gasteiger partial charge in [-0.2, -0.15) is 0 Å². The van der Waals surface area contributed by atoms with E-state index < -0.39 is 12.2 Å². The Morgan fingerprint density at radius 2 is 1.15 bits per heavy atom. The molecule has 0 saturated heterocycles. The van der Waals surface area contributed by atoms with Crippen molar-refractivity contribution in [3.8, 4) is 23.0 Å². The first-order chi connectivity index (χ1) is 32.4. The van der Waals surface area contributed by atoms with Crippen LogP contribution < -0.4 is 25.8 Å². The first kappa shape index (κ1) is 59.6. The van der Waals surface area contributed by atoms with Crippen molar-refractivity contribution in [3.63, 3.8) is 0 Å². The van der Waals surface area contributed by atoms with Gasteiger partial charge in [0.15, 0.2) is 0 Å². The van der Waals surface area contributed by atoms with Gasteiger partial charge in [-0.05, 0) is 154 Å². The normalized spacial score (nSPS) is 17.3. The second-order valence-electron chi connectivity index (χ2n) is 16.8. The fourth-order valence-electron chi connectivity index (χ4n) is 7.88. The predicted molar refractivity (Wildman–Crippen MR) is 283 cm³/mol. The average molecular weight is 915 g/mol. The van der Waals surface area contributed by atoms with E-state index >= 15 is 0 Å². The van der Waals surface area contributed by atoms with Gasteiger partial charge >= 0.3 is 12.2 Å². The fraction of sp³-hybridized carbons (Fsp3) is 0.593. The van der Waals surface area contributed by atoms with Crippen molar-refractivity contribution in [2.75, 3.05) is 41.3 Å². The molecule has 4 rings (SSSR count). The number of carbonyl (C=O) groups excluding carboxylic acids is 2. The first-order valence-electron chi connectivity index (χ1n) is 25.2. The number of hydrogen-bond donors (Lipinski definition) is 5. The first-order valence-corrected chi connectivity index (χ1v) is 23.8. The highest BCUT2D eigenvalue weighted by molar-refractivity contribution is 6.05. The molecule has 0 aromatic heterocycles. The molecule has 66 heavy (non-hydrogen) atoms. The Bertz CT molecular complexity index is 1840. The zero-order valence-corrected chi connectivity index (χ0v) is 43.2. The minimum atomic E-state index is -0.523. The molecule has 0 unspecified atom stereocenters. The van der Waals surface area contributed by atoms with Crippen molar-refractivity contribution in [2.45, 2.75) is 158 Å². The van der Waals surface area contributed by atoms with Crippen LogP contribution in [0.1, 0.15) is 156 Å². The van der Waals surface area contributed by atoms with E-state index in [0.29, 0.717) is 29.2 Å². The van der Waals surface area contributed by atoms with Crippen molar-refractivity contribution in [1.82, 2.24) is 15.5 Å². The highest BCUT2D eigenvalue weighted by Gasteiger charge is 2.33. The SMILES string of the molecule is C=C(C)[C@@H]1CCC(C)=C[C@H]1c1c(O)cc(CCCCC)cc1OC(=O)N(C)CC.C=C(C)[C@@H]1CCC(C)=C[C@H]1c1c(O)cc(CCCCC)cc1OC(=O)NC.CCNC.CN.[2H]C[B].[2H]C[B]. The van der Waals surface area contributed by atoms with Crippen LogP contribution >= 0.6 is 0 Å². The van der Waals surface area contributed by atoms with Gasteiger partial charge in [-0.25, -0.2) is 9.59 Å². The highest BCUT2D eigenvalue weighted by Crippen LogP contribution is 2.48. The Hall–Kier alpha value is -4.41. The maximum absolute atomic E-state index is 12.5. The van der Waals surface area contributed by atoms with E-state index in [0.717, 1.165) is 106 Å². The number of hydrogen-bond acceptors (Lipinski definition) is 8. The summed E-state index contributed by atoms with van der Waals surface area (Å²) < 4.78 is 23.4. The number of rotatable bonds is 16. The molecule has 4 atom stereocenters. The molecule has 6 N–H and O–H groups in total. The number of nitrogens with one attached hydrogen (secondary N) is 2. The molecular weight excluding hydrogens is 822 g/mol. The second kappa shape index (κ2) is 36.7. The number of phenols is 2. The molecule has 2 amide bonds. The molecule has 2 aromatic carbocycles. The van der Waals surface area contributed by atoms with Gasteiger partial charge < -0.3 is 41.0 Å². The number of benzene rings is 2. The molecule has 0 saturated carbocycles. The lowest BCUT2D eigenvalue weighted by atomic mass is 9.73. The zero-order chi connectivity index (χ0) is 52.4. The summed E-state index contributed by atoms with van der Waals surface area (Å²) in [6.07, 6.45) is 15.9. The summed E-state index contributed by atoms with van der Waals surface area (Å²) in [7, 11) is 15.7. The number of phenolic OH excluding ortho intramolecular Hbond substituents is 2. The fourth-order valence-corrected chi connectivity index (χ4v) is 7.88. The Morgan fingerprint density at radius 3 is 1.47 bits per heavy atom. The number of aromatic hydroxyl groups is 2. The maximum atomic E-state index is 12.5. The summed E-state index contributed by atoms with van der Waals surface area (Å²) >= 11 is 0. The lowest BCUT2D eigenvalue weighted by molar-refractivity contribution is 0.164. The van der Waals surface area contributed by atoms with Gasteiger partial charge in [0.2, 0.25) is 0 Å². The van der Waals surface area contributed by atoms with Gasteiger partial charge in [0.1, 0.15) is 23.0 Å². The van der Waals surface area contributed by atoms with Crippen molar-refractivity contribution in [3.05, 3.63) is 94.1 Å². The molecule has 0 spiro atoms. The van der Waals surface area contributed by atoms with Crippen LogP contribution in [0.25, 0.3) is 0 Å². The van der Waals surface area contributed by atoms with Crippen LogP contribution in [0.4, 0.5) is 9.59 Å². The summed E-state index contributed by atoms with van der Waals surface area (Å²) in [5.41, 5.74) is 12.6. The molecule has 0 heterocycles. The molecule has 368 valence electrons. The van der Waals surface area contributed by atoms with Crippen molar-refractivity contribution >= 4 is 27.9 Å². The lowest BCUT2D eigenvalue weighted by Gasteiger charge is -2.32. The number of allylic oxidation sites excluding steroid dienone is 6. The van der Waals surface area contributed by atoms with E-state index in [1.165, 1.54) is 30.1 Å². The van der Waals surface area contributed by atoms with Crippen LogP contribution in [0.15, 0.2) is 71.9 Å². The summed E-state index contributed by atoms with van der Waals surface area (Å²) in [4.78, 5) is 26.0. The lowest BCUT2D eigenvalue weighted by Crippen LogP contribution is -2.30. The van der Waals surface area contributed by atoms with Gasteiger partial charge in [0.25, 0.3) is 0 Å². The molecule has 12 heteroatoms. The Balaban J connectivity index is 0. The molecule has 2 aromatic rings. The van der Waals surface area contributed by atoms with E-state index in [4.69, 9.17) is 12.2 Å². The Labute approximate surface area is 408 Å². The number of aryl methyl sites for hydroxylation is 2. The van der Waals surface area contributed by atoms with Gasteiger partial charge in [-0.1, -0.05) is 108 Å². The van der Waals surface area contributed by atoms with E-state index in [2.05, 4.69) is 92.0 Å². The van der Waals surface area contributed by atoms with E-state index in [1.54, 1.807) is 7.05 Å². The smallest absolute Gasteiger partial charge is 0.414 e. The van der Waals surface area contributed by atoms with Crippen molar-refractivity contribution in [2.24, 2.45) is 17.6 Å². The third kappa shape index (κ3) is 21.9. The summed E-state index contributed by atoms with van der Waals surface area (Å²) in [5, 5.41) is 27.3. The van der Waals surface area contributed by atoms with Gasteiger partial charge in [-0.3, -0.25) is 0 Å². The maximum Gasteiger partial charge on any atom is 0.414 e. The van der Waals surface area contributed by atoms with E-state index in [-0.39, 0.29) is 48.8 Å². The zero-order valence-electron chi connectivity index (χ0n) is 45.2. The molecule has 0 bridgehead atoms. The largest absolute Gasteiger partial charge is 0.507 e. The van der Waals surface area contributed by atoms with Crippen LogP contribution in [0, 0.1) is 11.8 Å². The van der Waals surface area contributed by atoms with Crippen LogP contribution in [-0.4, -0.2) is 84.3 Å². The van der Waals surface area contributed by atoms with Crippen LogP contribution in [-0.2, 0) is 12.8 Å². The average Bonchev–Trinajstić information content (AvgIpc) is 3.30. The van der Waals surface area contributed by atoms with Gasteiger partial charge in [0, 0.05) is 46.3 Å². The molecule has 0 fully saturated rings. The summed E-state index contributed by atoms with van der Waals surface area (Å²) in [6, 6.07) is 7.53. The number of unbranched alkanes of at least 4 members (excludes halogenated alkanes) is 4. The number of nitrogens with zero attached hydrogens (tertiary/aromatic N) is 1. The molecule has 2 aliphatic rings. The second-order valence-corrected chi connectivity index (χ2v) is 16.8. The third-order valence-corrected chi connectivity index (χ3v) is 11.7. The quantitative estimate of drug-likeness (QED) is 0.0636. The molecular formula is C54H90B2N4O6. The Kier molecular flexibility index (Phi) is 33.1. The van der Waals surface area contributed by atoms with Gasteiger partial charge in [0.05, 0.1) is 15.7 Å².